The molecule has 4 rings (SSSR count). The van der Waals surface area contributed by atoms with Crippen molar-refractivity contribution in [3.8, 4) is 5.75 Å². The molecule has 0 heterocycles. The molecule has 0 aromatic heterocycles. The Labute approximate surface area is 240 Å². The van der Waals surface area contributed by atoms with E-state index in [0.29, 0.717) is 21.3 Å². The fraction of sp³-hybridized carbons (Fsp3) is 0.0385. The molecular formula is C26H16Br3IN2O3. The first-order chi connectivity index (χ1) is 16.8. The highest BCUT2D eigenvalue weighted by molar-refractivity contribution is 14.1. The molecule has 0 bridgehead atoms. The van der Waals surface area contributed by atoms with Crippen molar-refractivity contribution < 1.29 is 14.3 Å². The summed E-state index contributed by atoms with van der Waals surface area (Å²) in [5.41, 5.74) is 4.44. The summed E-state index contributed by atoms with van der Waals surface area (Å²) in [4.78, 5) is 25.4. The predicted molar refractivity (Wildman–Crippen MR) is 157 cm³/mol. The summed E-state index contributed by atoms with van der Waals surface area (Å²) in [6.07, 6.45) is 1.62. The van der Waals surface area contributed by atoms with E-state index < -0.39 is 5.97 Å². The average Bonchev–Trinajstić information content (AvgIpc) is 2.83. The first kappa shape index (κ1) is 26.0. The van der Waals surface area contributed by atoms with Crippen molar-refractivity contribution in [2.45, 2.75) is 6.42 Å². The maximum Gasteiger partial charge on any atom is 0.344 e. The summed E-state index contributed by atoms with van der Waals surface area (Å²) in [6.45, 7) is 0. The van der Waals surface area contributed by atoms with E-state index >= 15 is 0 Å². The fourth-order valence-corrected chi connectivity index (χ4v) is 5.85. The molecule has 35 heavy (non-hydrogen) atoms. The quantitative estimate of drug-likeness (QED) is 0.0721. The van der Waals surface area contributed by atoms with Crippen LogP contribution < -0.4 is 10.2 Å². The van der Waals surface area contributed by atoms with E-state index in [1.807, 2.05) is 48.5 Å². The second-order valence-corrected chi connectivity index (χ2v) is 11.2. The van der Waals surface area contributed by atoms with Crippen LogP contribution in [-0.4, -0.2) is 18.1 Å². The zero-order valence-corrected chi connectivity index (χ0v) is 24.8. The minimum atomic E-state index is -0.487. The van der Waals surface area contributed by atoms with Gasteiger partial charge in [0.05, 0.1) is 22.7 Å². The highest BCUT2D eigenvalue weighted by Crippen LogP contribution is 2.33. The molecule has 0 fully saturated rings. The number of esters is 1. The summed E-state index contributed by atoms with van der Waals surface area (Å²) in [5.74, 6) is -0.450. The molecule has 1 N–H and O–H groups in total. The Morgan fingerprint density at radius 1 is 0.914 bits per heavy atom. The predicted octanol–water partition coefficient (Wildman–Crippen LogP) is 7.64. The zero-order chi connectivity index (χ0) is 24.9. The van der Waals surface area contributed by atoms with Crippen LogP contribution >= 0.6 is 70.4 Å². The normalized spacial score (nSPS) is 11.1. The molecule has 4 aromatic carbocycles. The van der Waals surface area contributed by atoms with Crippen molar-refractivity contribution in [2.24, 2.45) is 5.10 Å². The number of ether oxygens (including phenoxy) is 1. The third kappa shape index (κ3) is 6.38. The number of halogens is 4. The SMILES string of the molecule is O=C(Cc1ccc(Br)c2ccccc12)N/N=C\c1cc(Br)cc(Br)c1OC(=O)c1ccccc1I. The average molecular weight is 771 g/mol. The van der Waals surface area contributed by atoms with Crippen LogP contribution in [0, 0.1) is 3.57 Å². The van der Waals surface area contributed by atoms with Gasteiger partial charge in [0.2, 0.25) is 5.91 Å². The van der Waals surface area contributed by atoms with Crippen LogP contribution in [0.1, 0.15) is 21.5 Å². The van der Waals surface area contributed by atoms with E-state index in [1.54, 1.807) is 24.3 Å². The lowest BCUT2D eigenvalue weighted by atomic mass is 10.0. The third-order valence-electron chi connectivity index (χ3n) is 5.03. The molecule has 0 spiro atoms. The standard InChI is InChI=1S/C26H16Br3IN2O3/c27-17-11-16(25(22(29)13-17)35-26(34)20-7-3-4-8-23(20)30)14-31-32-24(33)12-15-9-10-21(28)19-6-2-1-5-18(15)19/h1-11,13-14H,12H2,(H,32,33)/b31-14-. The molecule has 0 aliphatic carbocycles. The van der Waals surface area contributed by atoms with Gasteiger partial charge in [-0.2, -0.15) is 5.10 Å². The summed E-state index contributed by atoms with van der Waals surface area (Å²) < 4.78 is 8.78. The van der Waals surface area contributed by atoms with Crippen molar-refractivity contribution in [1.82, 2.24) is 5.43 Å². The molecule has 0 unspecified atom stereocenters. The number of hydrazone groups is 1. The van der Waals surface area contributed by atoms with Gasteiger partial charge in [0.15, 0.2) is 5.75 Å². The van der Waals surface area contributed by atoms with Gasteiger partial charge < -0.3 is 4.74 Å². The molecule has 0 radical (unpaired) electrons. The monoisotopic (exact) mass is 768 g/mol. The zero-order valence-electron chi connectivity index (χ0n) is 17.9. The largest absolute Gasteiger partial charge is 0.421 e. The molecule has 4 aromatic rings. The van der Waals surface area contributed by atoms with Gasteiger partial charge in [-0.05, 0) is 85.2 Å². The second-order valence-electron chi connectivity index (χ2n) is 7.40. The number of carbonyl (C=O) groups is 2. The maximum absolute atomic E-state index is 12.8. The number of benzene rings is 4. The van der Waals surface area contributed by atoms with Crippen molar-refractivity contribution in [3.63, 3.8) is 0 Å². The lowest BCUT2D eigenvalue weighted by molar-refractivity contribution is -0.120. The summed E-state index contributed by atoms with van der Waals surface area (Å²) in [5, 5.41) is 6.15. The Morgan fingerprint density at radius 3 is 2.40 bits per heavy atom. The molecule has 0 saturated heterocycles. The minimum Gasteiger partial charge on any atom is -0.421 e. The molecular weight excluding hydrogens is 755 g/mol. The van der Waals surface area contributed by atoms with Gasteiger partial charge in [-0.15, -0.1) is 0 Å². The second kappa shape index (κ2) is 11.8. The number of nitrogens with one attached hydrogen (secondary N) is 1. The van der Waals surface area contributed by atoms with Crippen LogP contribution in [0.2, 0.25) is 0 Å². The van der Waals surface area contributed by atoms with Gasteiger partial charge in [0.1, 0.15) is 0 Å². The van der Waals surface area contributed by atoms with Crippen LogP contribution in [0.4, 0.5) is 0 Å². The Balaban J connectivity index is 1.51. The minimum absolute atomic E-state index is 0.168. The maximum atomic E-state index is 12.8. The molecule has 5 nitrogen and oxygen atoms in total. The highest BCUT2D eigenvalue weighted by atomic mass is 127. The van der Waals surface area contributed by atoms with Crippen LogP contribution in [0.3, 0.4) is 0 Å². The van der Waals surface area contributed by atoms with E-state index in [2.05, 4.69) is 80.9 Å². The topological polar surface area (TPSA) is 67.8 Å². The van der Waals surface area contributed by atoms with Crippen LogP contribution in [0.25, 0.3) is 10.8 Å². The number of amides is 1. The lowest BCUT2D eigenvalue weighted by Crippen LogP contribution is -2.20. The van der Waals surface area contributed by atoms with Crippen molar-refractivity contribution in [1.29, 1.82) is 0 Å². The van der Waals surface area contributed by atoms with Gasteiger partial charge in [0, 0.05) is 18.1 Å². The fourth-order valence-electron chi connectivity index (χ4n) is 3.42. The Hall–Kier alpha value is -2.08. The van der Waals surface area contributed by atoms with Crippen molar-refractivity contribution in [3.05, 3.63) is 106 Å². The molecule has 0 saturated carbocycles. The van der Waals surface area contributed by atoms with E-state index in [1.165, 1.54) is 6.21 Å². The van der Waals surface area contributed by atoms with Crippen LogP contribution in [0.5, 0.6) is 5.75 Å². The number of fused-ring (bicyclic) bond motifs is 1. The number of nitrogens with zero attached hydrogens (tertiary/aromatic N) is 1. The smallest absolute Gasteiger partial charge is 0.344 e. The Kier molecular flexibility index (Phi) is 8.74. The molecule has 176 valence electrons. The van der Waals surface area contributed by atoms with E-state index in [9.17, 15) is 9.59 Å². The summed E-state index contributed by atoms with van der Waals surface area (Å²) in [7, 11) is 0. The van der Waals surface area contributed by atoms with Gasteiger partial charge in [-0.3, -0.25) is 4.79 Å². The van der Waals surface area contributed by atoms with Crippen molar-refractivity contribution in [2.75, 3.05) is 0 Å². The van der Waals surface area contributed by atoms with Gasteiger partial charge in [0.25, 0.3) is 0 Å². The third-order valence-corrected chi connectivity index (χ3v) is 7.71. The number of carbonyl (C=O) groups excluding carboxylic acids is 2. The van der Waals surface area contributed by atoms with E-state index in [4.69, 9.17) is 4.74 Å². The Bertz CT molecular complexity index is 1470. The Morgan fingerprint density at radius 2 is 1.63 bits per heavy atom. The molecule has 0 aliphatic rings. The number of rotatable bonds is 6. The first-order valence-electron chi connectivity index (χ1n) is 10.3. The van der Waals surface area contributed by atoms with Gasteiger partial charge >= 0.3 is 5.97 Å². The lowest BCUT2D eigenvalue weighted by Gasteiger charge is -2.11. The summed E-state index contributed by atoms with van der Waals surface area (Å²) >= 11 is 12.5. The first-order valence-corrected chi connectivity index (χ1v) is 13.7. The van der Waals surface area contributed by atoms with Gasteiger partial charge in [-0.25, -0.2) is 10.2 Å². The van der Waals surface area contributed by atoms with E-state index in [-0.39, 0.29) is 12.3 Å². The van der Waals surface area contributed by atoms with Crippen LogP contribution in [0.15, 0.2) is 91.3 Å². The van der Waals surface area contributed by atoms with Gasteiger partial charge in [-0.1, -0.05) is 74.3 Å². The van der Waals surface area contributed by atoms with Crippen molar-refractivity contribution >= 4 is 99.2 Å². The number of hydrogen-bond donors (Lipinski definition) is 1. The highest BCUT2D eigenvalue weighted by Gasteiger charge is 2.17. The summed E-state index contributed by atoms with van der Waals surface area (Å²) in [6, 6.07) is 22.4. The molecule has 1 amide bonds. The van der Waals surface area contributed by atoms with Crippen LogP contribution in [-0.2, 0) is 11.2 Å². The molecule has 0 aliphatic heterocycles. The molecule has 9 heteroatoms. The molecule has 0 atom stereocenters. The number of hydrogen-bond acceptors (Lipinski definition) is 4. The van der Waals surface area contributed by atoms with E-state index in [0.717, 1.165) is 28.9 Å².